The van der Waals surface area contributed by atoms with E-state index in [-0.39, 0.29) is 6.61 Å². The van der Waals surface area contributed by atoms with Crippen molar-refractivity contribution in [1.29, 1.82) is 0 Å². The maximum atomic E-state index is 12.1. The molecule has 0 aliphatic heterocycles. The van der Waals surface area contributed by atoms with Crippen LogP contribution in [-0.4, -0.2) is 31.3 Å². The van der Waals surface area contributed by atoms with Gasteiger partial charge >= 0.3 is 5.97 Å². The number of rotatable bonds is 11. The molecule has 0 atom stereocenters. The highest BCUT2D eigenvalue weighted by atomic mass is 35.5. The topological polar surface area (TPSA) is 86.2 Å². The van der Waals surface area contributed by atoms with Gasteiger partial charge in [-0.15, -0.1) is 0 Å². The second-order valence-electron chi connectivity index (χ2n) is 7.22. The molecule has 3 aromatic carbocycles. The number of halogens is 1. The molecular formula is C26H25ClN2O5. The van der Waals surface area contributed by atoms with Crippen LogP contribution in [0.4, 0.5) is 0 Å². The zero-order chi connectivity index (χ0) is 24.2. The zero-order valence-electron chi connectivity index (χ0n) is 18.7. The van der Waals surface area contributed by atoms with Gasteiger partial charge < -0.3 is 14.2 Å². The summed E-state index contributed by atoms with van der Waals surface area (Å²) in [6.07, 6.45) is 3.55. The third-order valence-corrected chi connectivity index (χ3v) is 4.79. The average Bonchev–Trinajstić information content (AvgIpc) is 2.85. The van der Waals surface area contributed by atoms with Gasteiger partial charge in [0.1, 0.15) is 17.2 Å². The summed E-state index contributed by atoms with van der Waals surface area (Å²) in [5, 5.41) is 4.45. The van der Waals surface area contributed by atoms with E-state index >= 15 is 0 Å². The summed E-state index contributed by atoms with van der Waals surface area (Å²) in [4.78, 5) is 24.1. The first-order chi connectivity index (χ1) is 16.5. The Morgan fingerprint density at radius 3 is 2.15 bits per heavy atom. The first kappa shape index (κ1) is 24.8. The Kier molecular flexibility index (Phi) is 9.49. The second kappa shape index (κ2) is 13.0. The molecule has 0 aliphatic rings. The number of nitrogens with zero attached hydrogens (tertiary/aromatic N) is 1. The second-order valence-corrected chi connectivity index (χ2v) is 7.66. The summed E-state index contributed by atoms with van der Waals surface area (Å²) >= 11 is 5.82. The van der Waals surface area contributed by atoms with Crippen LogP contribution in [0.1, 0.15) is 35.7 Å². The van der Waals surface area contributed by atoms with Crippen LogP contribution in [-0.2, 0) is 4.79 Å². The molecule has 176 valence electrons. The summed E-state index contributed by atoms with van der Waals surface area (Å²) in [6.45, 7) is 2.61. The van der Waals surface area contributed by atoms with Crippen molar-refractivity contribution in [2.45, 2.75) is 19.8 Å². The molecule has 1 N–H and O–H groups in total. The Bertz CT molecular complexity index is 1100. The minimum atomic E-state index is -0.482. The molecule has 3 aromatic rings. The zero-order valence-corrected chi connectivity index (χ0v) is 19.5. The third kappa shape index (κ3) is 8.26. The highest BCUT2D eigenvalue weighted by Gasteiger charge is 2.08. The number of benzene rings is 3. The van der Waals surface area contributed by atoms with Crippen molar-refractivity contribution in [2.75, 3.05) is 13.2 Å². The highest BCUT2D eigenvalue weighted by Crippen LogP contribution is 2.18. The minimum Gasteiger partial charge on any atom is -0.494 e. The average molecular weight is 481 g/mol. The van der Waals surface area contributed by atoms with Gasteiger partial charge in [-0.3, -0.25) is 4.79 Å². The van der Waals surface area contributed by atoms with Gasteiger partial charge in [0, 0.05) is 5.02 Å². The molecule has 0 aromatic heterocycles. The van der Waals surface area contributed by atoms with Gasteiger partial charge in [0.25, 0.3) is 5.91 Å². The number of hydrogen-bond donors (Lipinski definition) is 1. The van der Waals surface area contributed by atoms with Crippen LogP contribution in [0.5, 0.6) is 17.2 Å². The molecule has 0 spiro atoms. The predicted molar refractivity (Wildman–Crippen MR) is 131 cm³/mol. The van der Waals surface area contributed by atoms with Crippen molar-refractivity contribution in [2.24, 2.45) is 5.10 Å². The van der Waals surface area contributed by atoms with E-state index in [2.05, 4.69) is 17.5 Å². The van der Waals surface area contributed by atoms with Crippen LogP contribution < -0.4 is 19.6 Å². The third-order valence-electron chi connectivity index (χ3n) is 4.53. The quantitative estimate of drug-likeness (QED) is 0.133. The lowest BCUT2D eigenvalue weighted by Crippen LogP contribution is -2.24. The summed E-state index contributed by atoms with van der Waals surface area (Å²) < 4.78 is 16.4. The molecule has 0 saturated heterocycles. The molecule has 7 nitrogen and oxygen atoms in total. The lowest BCUT2D eigenvalue weighted by atomic mass is 10.2. The van der Waals surface area contributed by atoms with Gasteiger partial charge in [-0.1, -0.05) is 24.9 Å². The first-order valence-corrected chi connectivity index (χ1v) is 11.2. The summed E-state index contributed by atoms with van der Waals surface area (Å²) in [5.74, 6) is 0.833. The van der Waals surface area contributed by atoms with Crippen LogP contribution >= 0.6 is 11.6 Å². The molecule has 0 saturated carbocycles. The van der Waals surface area contributed by atoms with E-state index in [1.165, 1.54) is 6.21 Å². The lowest BCUT2D eigenvalue weighted by Gasteiger charge is -2.08. The standard InChI is InChI=1S/C26H25ClN2O5/c1-2-3-16-32-22-12-14-23(15-13-22)33-18-25(30)29-28-17-19-4-10-24(11-5-19)34-26(31)20-6-8-21(27)9-7-20/h4-15,17H,2-3,16,18H2,1H3,(H,29,30). The number of unbranched alkanes of at least 4 members (excludes halogenated alkanes) is 1. The molecule has 1 amide bonds. The monoisotopic (exact) mass is 480 g/mol. The number of carbonyl (C=O) groups is 2. The Labute approximate surface area is 203 Å². The molecule has 0 fully saturated rings. The number of esters is 1. The van der Waals surface area contributed by atoms with E-state index in [0.29, 0.717) is 34.3 Å². The molecule has 0 radical (unpaired) electrons. The number of amides is 1. The molecule has 0 aliphatic carbocycles. The van der Waals surface area contributed by atoms with E-state index in [0.717, 1.165) is 18.6 Å². The fourth-order valence-electron chi connectivity index (χ4n) is 2.70. The van der Waals surface area contributed by atoms with Gasteiger partial charge in [0.2, 0.25) is 0 Å². The molecular weight excluding hydrogens is 456 g/mol. The Morgan fingerprint density at radius 1 is 0.882 bits per heavy atom. The van der Waals surface area contributed by atoms with E-state index in [1.807, 2.05) is 0 Å². The van der Waals surface area contributed by atoms with E-state index in [1.54, 1.807) is 72.8 Å². The van der Waals surface area contributed by atoms with Gasteiger partial charge in [-0.25, -0.2) is 10.2 Å². The van der Waals surface area contributed by atoms with Crippen molar-refractivity contribution >= 4 is 29.7 Å². The molecule has 34 heavy (non-hydrogen) atoms. The van der Waals surface area contributed by atoms with Crippen molar-refractivity contribution in [1.82, 2.24) is 5.43 Å². The van der Waals surface area contributed by atoms with Crippen molar-refractivity contribution in [3.8, 4) is 17.2 Å². The SMILES string of the molecule is CCCCOc1ccc(OCC(=O)NN=Cc2ccc(OC(=O)c3ccc(Cl)cc3)cc2)cc1. The predicted octanol–water partition coefficient (Wildman–Crippen LogP) is 5.27. The van der Waals surface area contributed by atoms with E-state index in [9.17, 15) is 9.59 Å². The molecule has 8 heteroatoms. The van der Waals surface area contributed by atoms with Crippen LogP contribution in [0, 0.1) is 0 Å². The van der Waals surface area contributed by atoms with Gasteiger partial charge in [-0.2, -0.15) is 5.10 Å². The Balaban J connectivity index is 1.40. The fourth-order valence-corrected chi connectivity index (χ4v) is 2.83. The molecule has 0 bridgehead atoms. The summed E-state index contributed by atoms with van der Waals surface area (Å²) in [6, 6.07) is 20.2. The largest absolute Gasteiger partial charge is 0.494 e. The number of carbonyl (C=O) groups excluding carboxylic acids is 2. The lowest BCUT2D eigenvalue weighted by molar-refractivity contribution is -0.123. The molecule has 0 heterocycles. The van der Waals surface area contributed by atoms with Crippen LogP contribution in [0.3, 0.4) is 0 Å². The molecule has 0 unspecified atom stereocenters. The maximum absolute atomic E-state index is 12.1. The van der Waals surface area contributed by atoms with Crippen LogP contribution in [0.2, 0.25) is 5.02 Å². The van der Waals surface area contributed by atoms with Crippen LogP contribution in [0.25, 0.3) is 0 Å². The highest BCUT2D eigenvalue weighted by molar-refractivity contribution is 6.30. The number of hydrogen-bond acceptors (Lipinski definition) is 6. The number of nitrogens with one attached hydrogen (secondary N) is 1. The van der Waals surface area contributed by atoms with E-state index in [4.69, 9.17) is 25.8 Å². The summed E-state index contributed by atoms with van der Waals surface area (Å²) in [5.41, 5.74) is 3.52. The number of hydrazone groups is 1. The van der Waals surface area contributed by atoms with E-state index < -0.39 is 11.9 Å². The van der Waals surface area contributed by atoms with Crippen molar-refractivity contribution < 1.29 is 23.8 Å². The first-order valence-electron chi connectivity index (χ1n) is 10.8. The van der Waals surface area contributed by atoms with Gasteiger partial charge in [-0.05, 0) is 84.8 Å². The molecule has 3 rings (SSSR count). The Morgan fingerprint density at radius 2 is 1.50 bits per heavy atom. The van der Waals surface area contributed by atoms with Gasteiger partial charge in [0.05, 0.1) is 18.4 Å². The van der Waals surface area contributed by atoms with Gasteiger partial charge in [0.15, 0.2) is 6.61 Å². The Hall–Kier alpha value is -3.84. The fraction of sp³-hybridized carbons (Fsp3) is 0.192. The minimum absolute atomic E-state index is 0.174. The van der Waals surface area contributed by atoms with Crippen molar-refractivity contribution in [3.05, 3.63) is 88.9 Å². The maximum Gasteiger partial charge on any atom is 0.343 e. The summed E-state index contributed by atoms with van der Waals surface area (Å²) in [7, 11) is 0. The van der Waals surface area contributed by atoms with Crippen molar-refractivity contribution in [3.63, 3.8) is 0 Å². The smallest absolute Gasteiger partial charge is 0.343 e. The van der Waals surface area contributed by atoms with Crippen LogP contribution in [0.15, 0.2) is 77.9 Å². The number of ether oxygens (including phenoxy) is 3. The normalized spacial score (nSPS) is 10.6.